The van der Waals surface area contributed by atoms with E-state index in [2.05, 4.69) is 5.16 Å². The third-order valence-electron chi connectivity index (χ3n) is 5.66. The van der Waals surface area contributed by atoms with Crippen molar-refractivity contribution in [2.45, 2.75) is 19.4 Å². The second-order valence-electron chi connectivity index (χ2n) is 7.44. The lowest BCUT2D eigenvalue weighted by atomic mass is 9.91. The summed E-state index contributed by atoms with van der Waals surface area (Å²) in [5, 5.41) is 15.4. The Bertz CT molecular complexity index is 1260. The number of phenolic OH excluding ortho intramolecular Hbond substituents is 1. The number of benzene rings is 3. The van der Waals surface area contributed by atoms with Crippen molar-refractivity contribution in [1.82, 2.24) is 5.16 Å². The fraction of sp³-hybridized carbons (Fsp3) is 0.167. The highest BCUT2D eigenvalue weighted by Gasteiger charge is 2.39. The van der Waals surface area contributed by atoms with Crippen molar-refractivity contribution in [2.24, 2.45) is 0 Å². The van der Waals surface area contributed by atoms with E-state index in [1.807, 2.05) is 55.5 Å². The molecule has 2 heterocycles. The van der Waals surface area contributed by atoms with Crippen molar-refractivity contribution in [3.05, 3.63) is 83.0 Å². The van der Waals surface area contributed by atoms with E-state index in [-0.39, 0.29) is 11.7 Å². The van der Waals surface area contributed by atoms with Crippen molar-refractivity contribution in [1.29, 1.82) is 0 Å². The number of amides is 1. The maximum absolute atomic E-state index is 13.5. The predicted molar refractivity (Wildman–Crippen MR) is 113 cm³/mol. The quantitative estimate of drug-likeness (QED) is 0.545. The molecule has 0 spiro atoms. The molecule has 1 aromatic heterocycles. The van der Waals surface area contributed by atoms with Gasteiger partial charge in [-0.25, -0.2) is 0 Å². The minimum Gasteiger partial charge on any atom is -0.508 e. The Morgan fingerprint density at radius 1 is 1.10 bits per heavy atom. The molecule has 1 amide bonds. The van der Waals surface area contributed by atoms with Crippen LogP contribution in [0.25, 0.3) is 11.0 Å². The number of aryl methyl sites for hydroxylation is 1. The zero-order valence-electron chi connectivity index (χ0n) is 16.6. The lowest BCUT2D eigenvalue weighted by molar-refractivity contribution is -0.118. The summed E-state index contributed by atoms with van der Waals surface area (Å²) in [5.74, 6) is 0.144. The minimum atomic E-state index is -0.603. The number of hydrogen-bond acceptors (Lipinski definition) is 5. The number of anilines is 1. The third kappa shape index (κ3) is 2.80. The first kappa shape index (κ1) is 18.2. The maximum atomic E-state index is 13.5. The molecule has 1 N–H and O–H groups in total. The topological polar surface area (TPSA) is 75.8 Å². The second-order valence-corrected chi connectivity index (χ2v) is 7.44. The third-order valence-corrected chi connectivity index (χ3v) is 5.66. The van der Waals surface area contributed by atoms with Gasteiger partial charge in [-0.05, 0) is 48.4 Å². The molecule has 0 aliphatic carbocycles. The van der Waals surface area contributed by atoms with Crippen LogP contribution in [-0.2, 0) is 11.3 Å². The number of nitrogens with zero attached hydrogens (tertiary/aromatic N) is 2. The molecule has 6 nitrogen and oxygen atoms in total. The van der Waals surface area contributed by atoms with Crippen LogP contribution >= 0.6 is 0 Å². The average molecular weight is 400 g/mol. The van der Waals surface area contributed by atoms with Gasteiger partial charge in [0.05, 0.1) is 25.3 Å². The van der Waals surface area contributed by atoms with E-state index >= 15 is 0 Å². The van der Waals surface area contributed by atoms with Gasteiger partial charge in [-0.2, -0.15) is 0 Å². The molecule has 6 heteroatoms. The summed E-state index contributed by atoms with van der Waals surface area (Å²) in [6.07, 6.45) is 0. The zero-order chi connectivity index (χ0) is 20.8. The van der Waals surface area contributed by atoms with E-state index in [4.69, 9.17) is 9.26 Å². The Hall–Kier alpha value is -3.80. The van der Waals surface area contributed by atoms with Gasteiger partial charge in [0.2, 0.25) is 5.91 Å². The Morgan fingerprint density at radius 3 is 2.63 bits per heavy atom. The molecule has 5 rings (SSSR count). The molecule has 4 aromatic rings. The molecule has 1 atom stereocenters. The number of rotatable bonds is 4. The average Bonchev–Trinajstić information content (AvgIpc) is 3.25. The smallest absolute Gasteiger partial charge is 0.239 e. The SMILES string of the molecule is COc1ccc(CN2C(=O)C(c3cc4onc(C)c4cc3O)c3ccccc32)cc1. The summed E-state index contributed by atoms with van der Waals surface area (Å²) in [6, 6.07) is 18.7. The van der Waals surface area contributed by atoms with Crippen molar-refractivity contribution in [3.63, 3.8) is 0 Å². The summed E-state index contributed by atoms with van der Waals surface area (Å²) in [6.45, 7) is 2.25. The molecule has 0 fully saturated rings. The van der Waals surface area contributed by atoms with E-state index in [0.29, 0.717) is 23.4 Å². The fourth-order valence-electron chi connectivity index (χ4n) is 4.10. The van der Waals surface area contributed by atoms with Gasteiger partial charge in [-0.3, -0.25) is 4.79 Å². The lowest BCUT2D eigenvalue weighted by Crippen LogP contribution is -2.28. The molecule has 3 aromatic carbocycles. The Labute approximate surface area is 173 Å². The van der Waals surface area contributed by atoms with Crippen molar-refractivity contribution in [3.8, 4) is 11.5 Å². The van der Waals surface area contributed by atoms with Crippen molar-refractivity contribution >= 4 is 22.6 Å². The van der Waals surface area contributed by atoms with Crippen LogP contribution in [-0.4, -0.2) is 23.3 Å². The molecule has 1 unspecified atom stereocenters. The van der Waals surface area contributed by atoms with Crippen LogP contribution in [0.4, 0.5) is 5.69 Å². The van der Waals surface area contributed by atoms with Crippen LogP contribution in [0, 0.1) is 6.92 Å². The molecular formula is C24H20N2O4. The molecular weight excluding hydrogens is 380 g/mol. The minimum absolute atomic E-state index is 0.0632. The van der Waals surface area contributed by atoms with Crippen LogP contribution in [0.15, 0.2) is 65.2 Å². The number of methoxy groups -OCH3 is 1. The summed E-state index contributed by atoms with van der Waals surface area (Å²) in [5.41, 5.74) is 4.47. The van der Waals surface area contributed by atoms with E-state index in [1.165, 1.54) is 0 Å². The number of para-hydroxylation sites is 1. The molecule has 0 bridgehead atoms. The van der Waals surface area contributed by atoms with Crippen LogP contribution in [0.1, 0.15) is 28.3 Å². The first-order valence-electron chi connectivity index (χ1n) is 9.69. The summed E-state index contributed by atoms with van der Waals surface area (Å²) >= 11 is 0. The van der Waals surface area contributed by atoms with E-state index in [1.54, 1.807) is 24.1 Å². The van der Waals surface area contributed by atoms with Gasteiger partial charge in [-0.1, -0.05) is 35.5 Å². The van der Waals surface area contributed by atoms with E-state index < -0.39 is 5.92 Å². The van der Waals surface area contributed by atoms with Crippen molar-refractivity contribution < 1.29 is 19.2 Å². The molecule has 1 aliphatic rings. The van der Waals surface area contributed by atoms with Gasteiger partial charge >= 0.3 is 0 Å². The number of fused-ring (bicyclic) bond motifs is 2. The molecule has 1 aliphatic heterocycles. The Kier molecular flexibility index (Phi) is 4.20. The Morgan fingerprint density at radius 2 is 1.87 bits per heavy atom. The first-order chi connectivity index (χ1) is 14.6. The molecule has 30 heavy (non-hydrogen) atoms. The normalized spacial score (nSPS) is 15.6. The number of aromatic hydroxyl groups is 1. The van der Waals surface area contributed by atoms with E-state index in [9.17, 15) is 9.90 Å². The predicted octanol–water partition coefficient (Wildman–Crippen LogP) is 4.53. The largest absolute Gasteiger partial charge is 0.508 e. The first-order valence-corrected chi connectivity index (χ1v) is 9.69. The molecule has 150 valence electrons. The summed E-state index contributed by atoms with van der Waals surface area (Å²) < 4.78 is 10.6. The number of hydrogen-bond donors (Lipinski definition) is 1. The van der Waals surface area contributed by atoms with Crippen LogP contribution < -0.4 is 9.64 Å². The molecule has 0 saturated heterocycles. The monoisotopic (exact) mass is 400 g/mol. The summed E-state index contributed by atoms with van der Waals surface area (Å²) in [7, 11) is 1.62. The molecule has 0 saturated carbocycles. The number of carbonyl (C=O) groups is 1. The van der Waals surface area contributed by atoms with Crippen LogP contribution in [0.3, 0.4) is 0 Å². The van der Waals surface area contributed by atoms with Gasteiger partial charge < -0.3 is 19.3 Å². The maximum Gasteiger partial charge on any atom is 0.239 e. The van der Waals surface area contributed by atoms with E-state index in [0.717, 1.165) is 28.0 Å². The highest BCUT2D eigenvalue weighted by Crippen LogP contribution is 2.45. The van der Waals surface area contributed by atoms with Crippen LogP contribution in [0.5, 0.6) is 11.5 Å². The second kappa shape index (κ2) is 6.91. The number of ether oxygens (including phenoxy) is 1. The number of phenols is 1. The number of aromatic nitrogens is 1. The zero-order valence-corrected chi connectivity index (χ0v) is 16.6. The Balaban J connectivity index is 1.57. The van der Waals surface area contributed by atoms with Gasteiger partial charge in [0.15, 0.2) is 5.58 Å². The highest BCUT2D eigenvalue weighted by molar-refractivity contribution is 6.07. The van der Waals surface area contributed by atoms with Gasteiger partial charge in [-0.15, -0.1) is 0 Å². The lowest BCUT2D eigenvalue weighted by Gasteiger charge is -2.19. The fourth-order valence-corrected chi connectivity index (χ4v) is 4.10. The molecule has 0 radical (unpaired) electrons. The highest BCUT2D eigenvalue weighted by atomic mass is 16.5. The van der Waals surface area contributed by atoms with Crippen molar-refractivity contribution in [2.75, 3.05) is 12.0 Å². The van der Waals surface area contributed by atoms with Crippen LogP contribution in [0.2, 0.25) is 0 Å². The summed E-state index contributed by atoms with van der Waals surface area (Å²) in [4.78, 5) is 15.3. The standard InChI is InChI=1S/C24H20N2O4/c1-14-18-11-21(27)19(12-22(18)30-25-14)23-17-5-3-4-6-20(17)26(24(23)28)13-15-7-9-16(29-2)10-8-15/h3-12,23,27H,13H2,1-2H3. The van der Waals surface area contributed by atoms with Gasteiger partial charge in [0, 0.05) is 16.6 Å². The van der Waals surface area contributed by atoms with Gasteiger partial charge in [0.1, 0.15) is 11.5 Å². The van der Waals surface area contributed by atoms with Gasteiger partial charge in [0.25, 0.3) is 0 Å². The number of carbonyl (C=O) groups excluding carboxylic acids is 1.